The summed E-state index contributed by atoms with van der Waals surface area (Å²) < 4.78 is 23.5. The zero-order valence-corrected chi connectivity index (χ0v) is 31.6. The molecule has 0 aliphatic rings. The van der Waals surface area contributed by atoms with Gasteiger partial charge in [-0.05, 0) is 74.5 Å². The summed E-state index contributed by atoms with van der Waals surface area (Å²) in [6, 6.07) is 27.4. The highest BCUT2D eigenvalue weighted by molar-refractivity contribution is 6.30. The van der Waals surface area contributed by atoms with Crippen LogP contribution in [0.5, 0.6) is 35.0 Å². The number of halogens is 1. The fourth-order valence-electron chi connectivity index (χ4n) is 5.39. The van der Waals surface area contributed by atoms with Crippen LogP contribution < -0.4 is 18.9 Å². The molecule has 17 heteroatoms. The second kappa shape index (κ2) is 17.7. The second-order valence-corrected chi connectivity index (χ2v) is 12.3. The summed E-state index contributed by atoms with van der Waals surface area (Å²) in [7, 11) is 3.32. The number of methoxy groups -OCH3 is 2. The van der Waals surface area contributed by atoms with E-state index in [0.717, 1.165) is 44.4 Å². The number of fused-ring (bicyclic) bond motifs is 2. The van der Waals surface area contributed by atoms with Crippen LogP contribution in [0.1, 0.15) is 11.1 Å². The third kappa shape index (κ3) is 9.38. The molecule has 1 N–H and O–H groups in total. The van der Waals surface area contributed by atoms with Crippen LogP contribution in [-0.4, -0.2) is 53.6 Å². The molecule has 288 valence electrons. The summed E-state index contributed by atoms with van der Waals surface area (Å²) in [6.45, 7) is 3.69. The maximum Gasteiger partial charge on any atom is 0.323 e. The van der Waals surface area contributed by atoms with Gasteiger partial charge in [-0.1, -0.05) is 23.7 Å². The van der Waals surface area contributed by atoms with Crippen molar-refractivity contribution in [2.45, 2.75) is 13.8 Å². The Kier molecular flexibility index (Phi) is 12.1. The van der Waals surface area contributed by atoms with Gasteiger partial charge in [0.15, 0.2) is 0 Å². The molecule has 4 heterocycles. The average Bonchev–Trinajstić information content (AvgIpc) is 3.89. The summed E-state index contributed by atoms with van der Waals surface area (Å²) in [6.07, 6.45) is 7.04. The Morgan fingerprint density at radius 1 is 0.667 bits per heavy atom. The molecule has 0 fully saturated rings. The van der Waals surface area contributed by atoms with Crippen LogP contribution in [0.3, 0.4) is 0 Å². The van der Waals surface area contributed by atoms with Gasteiger partial charge in [-0.25, -0.2) is 9.97 Å². The Hall–Kier alpha value is -7.59. The van der Waals surface area contributed by atoms with E-state index in [1.165, 1.54) is 54.7 Å². The Morgan fingerprint density at radius 3 is 1.77 bits per heavy atom. The molecule has 4 aromatic heterocycles. The number of aromatic amines is 1. The van der Waals surface area contributed by atoms with Crippen molar-refractivity contribution in [3.05, 3.63) is 158 Å². The number of rotatable bonds is 9. The molecule has 0 saturated carbocycles. The van der Waals surface area contributed by atoms with Gasteiger partial charge in [0.05, 0.1) is 29.6 Å². The van der Waals surface area contributed by atoms with E-state index in [1.807, 2.05) is 72.4 Å². The number of nitrogens with zero attached hydrogens (tertiary/aromatic N) is 7. The molecule has 8 aromatic rings. The van der Waals surface area contributed by atoms with Crippen LogP contribution in [-0.2, 0) is 0 Å². The fraction of sp³-hybridized carbons (Fsp3) is 0.100. The van der Waals surface area contributed by atoms with E-state index in [9.17, 15) is 20.2 Å². The number of ether oxygens (including phenoxy) is 4. The summed E-state index contributed by atoms with van der Waals surface area (Å²) in [5.41, 5.74) is 3.66. The Morgan fingerprint density at radius 2 is 1.21 bits per heavy atom. The molecule has 0 saturated heterocycles. The number of benzene rings is 4. The molecular formula is C40H33ClN8O8. The molecule has 0 radical (unpaired) electrons. The van der Waals surface area contributed by atoms with Gasteiger partial charge in [-0.2, -0.15) is 9.97 Å². The number of nitro benzene ring substituents is 2. The molecule has 8 rings (SSSR count). The van der Waals surface area contributed by atoms with Crippen molar-refractivity contribution in [2.24, 2.45) is 0 Å². The first kappa shape index (κ1) is 39.1. The minimum Gasteiger partial charge on any atom is -0.496 e. The molecule has 57 heavy (non-hydrogen) atoms. The van der Waals surface area contributed by atoms with E-state index < -0.39 is 9.85 Å². The van der Waals surface area contributed by atoms with E-state index in [2.05, 4.69) is 24.9 Å². The van der Waals surface area contributed by atoms with E-state index in [-0.39, 0.29) is 23.4 Å². The highest BCUT2D eigenvalue weighted by atomic mass is 35.5. The minimum absolute atomic E-state index is 0.00868. The lowest BCUT2D eigenvalue weighted by molar-refractivity contribution is -0.385. The largest absolute Gasteiger partial charge is 0.496 e. The Balaban J connectivity index is 0.000000161. The van der Waals surface area contributed by atoms with Crippen molar-refractivity contribution in [2.75, 3.05) is 14.2 Å². The first-order valence-corrected chi connectivity index (χ1v) is 17.3. The van der Waals surface area contributed by atoms with Crippen LogP contribution in [0.15, 0.2) is 122 Å². The highest BCUT2D eigenvalue weighted by Crippen LogP contribution is 2.30. The average molecular weight is 789 g/mol. The maximum atomic E-state index is 10.8. The number of nitrogens with one attached hydrogen (secondary N) is 1. The SMILES string of the molecule is COc1cccc2[nH]ccc12.COc1cccc2c1ccn2-c1nc(Oc2ccc([N+](=O)[O-])cc2)ncc1C.Cc1cnc(Oc2ccc([N+](=O)[O-])cc2)nc1Cl. The van der Waals surface area contributed by atoms with Crippen LogP contribution in [0.2, 0.25) is 5.15 Å². The zero-order valence-electron chi connectivity index (χ0n) is 30.8. The number of nitro groups is 2. The lowest BCUT2D eigenvalue weighted by Gasteiger charge is -2.10. The van der Waals surface area contributed by atoms with Gasteiger partial charge >= 0.3 is 12.0 Å². The van der Waals surface area contributed by atoms with Crippen molar-refractivity contribution >= 4 is 44.8 Å². The molecule has 0 bridgehead atoms. The monoisotopic (exact) mass is 788 g/mol. The number of non-ortho nitro benzene ring substituents is 2. The van der Waals surface area contributed by atoms with E-state index in [0.29, 0.717) is 22.5 Å². The number of hydrogen-bond donors (Lipinski definition) is 1. The second-order valence-electron chi connectivity index (χ2n) is 12.0. The molecule has 0 amide bonds. The zero-order chi connectivity index (χ0) is 40.5. The smallest absolute Gasteiger partial charge is 0.323 e. The van der Waals surface area contributed by atoms with Gasteiger partial charge in [-0.3, -0.25) is 20.2 Å². The van der Waals surface area contributed by atoms with Gasteiger partial charge in [0.1, 0.15) is 34.0 Å². The standard InChI is InChI=1S/C20H16N4O4.C11H8ClN3O3.C9H9NO/c1-13-12-21-20(28-15-8-6-14(7-9-15)24(25)26)22-19(13)23-11-10-16-17(23)4-3-5-18(16)27-2;1-7-6-13-11(14-10(7)12)18-9-4-2-8(3-5-9)15(16)17;1-11-9-4-2-3-8-7(9)5-6-10-8/h3-12H,1-2H3;2-6H,1H3;2-6,10H,1H3. The highest BCUT2D eigenvalue weighted by Gasteiger charge is 2.14. The van der Waals surface area contributed by atoms with Crippen LogP contribution >= 0.6 is 11.6 Å². The van der Waals surface area contributed by atoms with Gasteiger partial charge in [-0.15, -0.1) is 0 Å². The number of aryl methyl sites for hydroxylation is 2. The molecule has 4 aromatic carbocycles. The lowest BCUT2D eigenvalue weighted by atomic mass is 10.2. The molecule has 0 spiro atoms. The molecule has 0 aliphatic carbocycles. The van der Waals surface area contributed by atoms with Gasteiger partial charge < -0.3 is 28.5 Å². The third-order valence-corrected chi connectivity index (χ3v) is 8.62. The van der Waals surface area contributed by atoms with Crippen LogP contribution in [0, 0.1) is 34.1 Å². The normalized spacial score (nSPS) is 10.5. The molecule has 0 aliphatic heterocycles. The van der Waals surface area contributed by atoms with Crippen molar-refractivity contribution in [3.8, 4) is 40.8 Å². The summed E-state index contributed by atoms with van der Waals surface area (Å²) in [5.74, 6) is 3.20. The van der Waals surface area contributed by atoms with Crippen LogP contribution in [0.4, 0.5) is 11.4 Å². The summed E-state index contributed by atoms with van der Waals surface area (Å²) in [5, 5.41) is 23.7. The van der Waals surface area contributed by atoms with Crippen molar-refractivity contribution in [1.82, 2.24) is 29.5 Å². The summed E-state index contributed by atoms with van der Waals surface area (Å²) in [4.78, 5) is 40.0. The predicted octanol–water partition coefficient (Wildman–Crippen LogP) is 9.75. The Labute approximate surface area is 329 Å². The minimum atomic E-state index is -0.483. The Bertz CT molecular complexity index is 2670. The van der Waals surface area contributed by atoms with E-state index in [1.54, 1.807) is 27.3 Å². The maximum absolute atomic E-state index is 10.8. The van der Waals surface area contributed by atoms with Gasteiger partial charge in [0.25, 0.3) is 11.4 Å². The van der Waals surface area contributed by atoms with Crippen molar-refractivity contribution in [1.29, 1.82) is 0 Å². The quantitative estimate of drug-likeness (QED) is 0.0827. The number of H-pyrrole nitrogens is 1. The number of hydrogen-bond acceptors (Lipinski definition) is 12. The molecule has 0 atom stereocenters. The molecular weight excluding hydrogens is 756 g/mol. The van der Waals surface area contributed by atoms with E-state index in [4.69, 9.17) is 30.5 Å². The molecule has 0 unspecified atom stereocenters. The van der Waals surface area contributed by atoms with Gasteiger partial charge in [0.2, 0.25) is 0 Å². The number of aromatic nitrogens is 6. The van der Waals surface area contributed by atoms with E-state index >= 15 is 0 Å². The molecule has 16 nitrogen and oxygen atoms in total. The van der Waals surface area contributed by atoms with Crippen molar-refractivity contribution < 1.29 is 28.8 Å². The fourth-order valence-corrected chi connectivity index (χ4v) is 5.51. The summed E-state index contributed by atoms with van der Waals surface area (Å²) >= 11 is 5.83. The predicted molar refractivity (Wildman–Crippen MR) is 213 cm³/mol. The van der Waals surface area contributed by atoms with Gasteiger partial charge in [0, 0.05) is 76.5 Å². The van der Waals surface area contributed by atoms with Crippen LogP contribution in [0.25, 0.3) is 27.6 Å². The van der Waals surface area contributed by atoms with Crippen molar-refractivity contribution in [3.63, 3.8) is 0 Å². The lowest BCUT2D eigenvalue weighted by Crippen LogP contribution is -2.02. The first-order valence-electron chi connectivity index (χ1n) is 17.0. The topological polar surface area (TPSA) is 195 Å². The first-order chi connectivity index (χ1) is 27.5. The third-order valence-electron chi connectivity index (χ3n) is 8.24.